The Bertz CT molecular complexity index is 309. The monoisotopic (exact) mass is 226 g/mol. The zero-order valence-corrected chi connectivity index (χ0v) is 9.56. The van der Waals surface area contributed by atoms with Crippen molar-refractivity contribution < 1.29 is 9.47 Å². The summed E-state index contributed by atoms with van der Waals surface area (Å²) in [6.45, 7) is 1.17. The molecule has 0 aliphatic carbocycles. The van der Waals surface area contributed by atoms with Gasteiger partial charge in [0.05, 0.1) is 12.7 Å². The zero-order valence-electron chi connectivity index (χ0n) is 9.56. The van der Waals surface area contributed by atoms with Crippen molar-refractivity contribution in [3.8, 4) is 0 Å². The minimum atomic E-state index is 0.00120. The third kappa shape index (κ3) is 4.01. The second kappa shape index (κ2) is 7.00. The number of methoxy groups -OCH3 is 2. The molecule has 0 saturated carbocycles. The van der Waals surface area contributed by atoms with Crippen LogP contribution in [0.3, 0.4) is 0 Å². The highest BCUT2D eigenvalue weighted by atomic mass is 16.5. The van der Waals surface area contributed by atoms with Crippen molar-refractivity contribution >= 4 is 11.6 Å². The minimum Gasteiger partial charge on any atom is -0.382 e. The van der Waals surface area contributed by atoms with Gasteiger partial charge < -0.3 is 20.2 Å². The summed E-state index contributed by atoms with van der Waals surface area (Å²) in [6.07, 6.45) is 0.00120. The molecule has 1 atom stereocenters. The number of anilines is 2. The number of hydrogen-bond donors (Lipinski definition) is 3. The van der Waals surface area contributed by atoms with Crippen LogP contribution in [0, 0.1) is 0 Å². The van der Waals surface area contributed by atoms with E-state index < -0.39 is 0 Å². The van der Waals surface area contributed by atoms with Crippen LogP contribution in [0.25, 0.3) is 0 Å². The van der Waals surface area contributed by atoms with E-state index in [-0.39, 0.29) is 6.10 Å². The van der Waals surface area contributed by atoms with Crippen molar-refractivity contribution in [1.82, 2.24) is 4.98 Å². The number of hydrazine groups is 1. The zero-order chi connectivity index (χ0) is 11.8. The molecule has 0 spiro atoms. The lowest BCUT2D eigenvalue weighted by Gasteiger charge is -2.15. The Morgan fingerprint density at radius 3 is 2.75 bits per heavy atom. The molecule has 0 aliphatic heterocycles. The minimum absolute atomic E-state index is 0.00120. The molecule has 0 aliphatic rings. The van der Waals surface area contributed by atoms with E-state index in [1.54, 1.807) is 20.3 Å². The molecule has 6 nitrogen and oxygen atoms in total. The lowest BCUT2D eigenvalue weighted by atomic mass is 10.3. The second-order valence-electron chi connectivity index (χ2n) is 3.25. The quantitative estimate of drug-likeness (QED) is 0.462. The summed E-state index contributed by atoms with van der Waals surface area (Å²) in [5.41, 5.74) is 2.49. The average Bonchev–Trinajstić information content (AvgIpc) is 2.34. The first-order chi connectivity index (χ1) is 7.80. The van der Waals surface area contributed by atoms with Gasteiger partial charge in [0, 0.05) is 20.8 Å². The van der Waals surface area contributed by atoms with Crippen LogP contribution in [0.2, 0.25) is 0 Å². The van der Waals surface area contributed by atoms with Gasteiger partial charge in [0.1, 0.15) is 11.6 Å². The highest BCUT2D eigenvalue weighted by molar-refractivity contribution is 5.44. The smallest absolute Gasteiger partial charge is 0.142 e. The van der Waals surface area contributed by atoms with E-state index in [0.717, 1.165) is 5.82 Å². The number of nitrogens with one attached hydrogen (secondary N) is 2. The van der Waals surface area contributed by atoms with Crippen molar-refractivity contribution in [2.45, 2.75) is 6.10 Å². The molecule has 1 aromatic heterocycles. The van der Waals surface area contributed by atoms with Gasteiger partial charge in [0.25, 0.3) is 0 Å². The maximum absolute atomic E-state index is 5.26. The molecule has 1 rings (SSSR count). The fraction of sp³-hybridized carbons (Fsp3) is 0.500. The van der Waals surface area contributed by atoms with E-state index in [0.29, 0.717) is 19.0 Å². The molecule has 1 heterocycles. The van der Waals surface area contributed by atoms with Crippen molar-refractivity contribution in [1.29, 1.82) is 0 Å². The topological polar surface area (TPSA) is 81.4 Å². The van der Waals surface area contributed by atoms with Crippen LogP contribution in [-0.2, 0) is 9.47 Å². The first-order valence-corrected chi connectivity index (χ1v) is 4.99. The van der Waals surface area contributed by atoms with Gasteiger partial charge in [-0.3, -0.25) is 0 Å². The highest BCUT2D eigenvalue weighted by Crippen LogP contribution is 2.07. The number of rotatable bonds is 7. The Labute approximate surface area is 95.1 Å². The van der Waals surface area contributed by atoms with Gasteiger partial charge >= 0.3 is 0 Å². The number of pyridine rings is 1. The van der Waals surface area contributed by atoms with Gasteiger partial charge in [0.15, 0.2) is 0 Å². The van der Waals surface area contributed by atoms with Crippen molar-refractivity contribution in [2.24, 2.45) is 5.84 Å². The van der Waals surface area contributed by atoms with E-state index in [9.17, 15) is 0 Å². The van der Waals surface area contributed by atoms with Crippen LogP contribution in [0.5, 0.6) is 0 Å². The summed E-state index contributed by atoms with van der Waals surface area (Å²) in [4.78, 5) is 4.21. The second-order valence-corrected chi connectivity index (χ2v) is 3.25. The maximum Gasteiger partial charge on any atom is 0.142 e. The summed E-state index contributed by atoms with van der Waals surface area (Å²) in [7, 11) is 3.29. The molecule has 0 bridgehead atoms. The average molecular weight is 226 g/mol. The van der Waals surface area contributed by atoms with Gasteiger partial charge in [-0.2, -0.15) is 0 Å². The highest BCUT2D eigenvalue weighted by Gasteiger charge is 2.06. The Hall–Kier alpha value is -1.37. The molecule has 0 fully saturated rings. The number of nitrogens with zero attached hydrogens (tertiary/aromatic N) is 1. The van der Waals surface area contributed by atoms with Crippen molar-refractivity contribution in [3.63, 3.8) is 0 Å². The first kappa shape index (κ1) is 12.7. The van der Waals surface area contributed by atoms with Crippen LogP contribution in [0.1, 0.15) is 0 Å². The van der Waals surface area contributed by atoms with E-state index in [4.69, 9.17) is 15.3 Å². The van der Waals surface area contributed by atoms with Crippen LogP contribution in [0.15, 0.2) is 18.2 Å². The van der Waals surface area contributed by atoms with E-state index in [2.05, 4.69) is 15.7 Å². The predicted molar refractivity (Wildman–Crippen MR) is 63.2 cm³/mol. The van der Waals surface area contributed by atoms with Gasteiger partial charge in [-0.15, -0.1) is 0 Å². The first-order valence-electron chi connectivity index (χ1n) is 4.99. The maximum atomic E-state index is 5.26. The Balaban J connectivity index is 2.46. The van der Waals surface area contributed by atoms with Crippen LogP contribution in [0.4, 0.5) is 11.6 Å². The molecule has 1 unspecified atom stereocenters. The number of hydrogen-bond acceptors (Lipinski definition) is 6. The van der Waals surface area contributed by atoms with Crippen molar-refractivity contribution in [3.05, 3.63) is 18.2 Å². The number of aromatic nitrogens is 1. The molecule has 0 saturated heterocycles. The van der Waals surface area contributed by atoms with E-state index in [1.165, 1.54) is 0 Å². The third-order valence-electron chi connectivity index (χ3n) is 2.09. The van der Waals surface area contributed by atoms with E-state index >= 15 is 0 Å². The Kier molecular flexibility index (Phi) is 5.55. The lowest BCUT2D eigenvalue weighted by Crippen LogP contribution is -2.27. The van der Waals surface area contributed by atoms with Crippen LogP contribution >= 0.6 is 0 Å². The molecule has 16 heavy (non-hydrogen) atoms. The van der Waals surface area contributed by atoms with Gasteiger partial charge in [-0.1, -0.05) is 6.07 Å². The van der Waals surface area contributed by atoms with Crippen LogP contribution in [-0.4, -0.2) is 38.5 Å². The molecule has 1 aromatic rings. The van der Waals surface area contributed by atoms with Crippen LogP contribution < -0.4 is 16.6 Å². The summed E-state index contributed by atoms with van der Waals surface area (Å²) in [6, 6.07) is 5.51. The molecular formula is C10H18N4O2. The van der Waals surface area contributed by atoms with E-state index in [1.807, 2.05) is 12.1 Å². The summed E-state index contributed by atoms with van der Waals surface area (Å²) in [5, 5.41) is 3.14. The fourth-order valence-corrected chi connectivity index (χ4v) is 1.23. The Morgan fingerprint density at radius 2 is 2.12 bits per heavy atom. The fourth-order valence-electron chi connectivity index (χ4n) is 1.23. The van der Waals surface area contributed by atoms with Gasteiger partial charge in [0.2, 0.25) is 0 Å². The SMILES string of the molecule is COCC(CNc1cccc(NN)n1)OC. The molecule has 0 amide bonds. The number of nitrogens with two attached hydrogens (primary N) is 1. The number of ether oxygens (including phenoxy) is 2. The molecule has 0 radical (unpaired) electrons. The molecule has 90 valence electrons. The summed E-state index contributed by atoms with van der Waals surface area (Å²) < 4.78 is 10.2. The largest absolute Gasteiger partial charge is 0.382 e. The molecule has 4 N–H and O–H groups in total. The molecule has 0 aromatic carbocycles. The van der Waals surface area contributed by atoms with Gasteiger partial charge in [-0.25, -0.2) is 10.8 Å². The van der Waals surface area contributed by atoms with Gasteiger partial charge in [-0.05, 0) is 12.1 Å². The summed E-state index contributed by atoms with van der Waals surface area (Å²) in [5.74, 6) is 6.62. The van der Waals surface area contributed by atoms with Crippen molar-refractivity contribution in [2.75, 3.05) is 38.1 Å². The molecular weight excluding hydrogens is 208 g/mol. The third-order valence-corrected chi connectivity index (χ3v) is 2.09. The Morgan fingerprint density at radius 1 is 1.38 bits per heavy atom. The lowest BCUT2D eigenvalue weighted by molar-refractivity contribution is 0.0365. The summed E-state index contributed by atoms with van der Waals surface area (Å²) >= 11 is 0. The number of nitrogen functional groups attached to an aromatic ring is 1. The predicted octanol–water partition coefficient (Wildman–Crippen LogP) is 0.441. The normalized spacial score (nSPS) is 12.2. The standard InChI is InChI=1S/C10H18N4O2/c1-15-7-8(16-2)6-12-9-4-3-5-10(13-9)14-11/h3-5,8H,6-7,11H2,1-2H3,(H2,12,13,14). The molecule has 6 heteroatoms.